The number of hydrogen-bond donors (Lipinski definition) is 1. The Labute approximate surface area is 120 Å². The van der Waals surface area contributed by atoms with Gasteiger partial charge in [-0.05, 0) is 37.8 Å². The summed E-state index contributed by atoms with van der Waals surface area (Å²) in [4.78, 5) is 12.0. The molecule has 2 atom stereocenters. The van der Waals surface area contributed by atoms with Crippen molar-refractivity contribution in [2.24, 2.45) is 0 Å². The average Bonchev–Trinajstić information content (AvgIpc) is 2.97. The van der Waals surface area contributed by atoms with E-state index in [4.69, 9.17) is 9.47 Å². The first-order valence-electron chi connectivity index (χ1n) is 7.22. The SMILES string of the molecule is Cc1ccccc1CNC(=O)[C@@H](C)OC[C@@H]1CCCO1. The maximum Gasteiger partial charge on any atom is 0.249 e. The topological polar surface area (TPSA) is 47.6 Å². The molecule has 0 aliphatic carbocycles. The lowest BCUT2D eigenvalue weighted by Gasteiger charge is -2.16. The fraction of sp³-hybridized carbons (Fsp3) is 0.562. The van der Waals surface area contributed by atoms with Gasteiger partial charge in [0.1, 0.15) is 6.10 Å². The Morgan fingerprint density at radius 2 is 2.30 bits per heavy atom. The molecule has 1 aliphatic rings. The van der Waals surface area contributed by atoms with E-state index in [9.17, 15) is 4.79 Å². The van der Waals surface area contributed by atoms with Gasteiger partial charge in [0, 0.05) is 13.2 Å². The molecule has 1 saturated heterocycles. The third-order valence-corrected chi connectivity index (χ3v) is 3.64. The van der Waals surface area contributed by atoms with Gasteiger partial charge in [0.05, 0.1) is 12.7 Å². The first kappa shape index (κ1) is 15.0. The number of carbonyl (C=O) groups excluding carboxylic acids is 1. The molecule has 0 radical (unpaired) electrons. The van der Waals surface area contributed by atoms with E-state index in [0.717, 1.165) is 25.0 Å². The van der Waals surface area contributed by atoms with Crippen LogP contribution < -0.4 is 5.32 Å². The van der Waals surface area contributed by atoms with Gasteiger partial charge >= 0.3 is 0 Å². The van der Waals surface area contributed by atoms with Crippen molar-refractivity contribution >= 4 is 5.91 Å². The van der Waals surface area contributed by atoms with Crippen LogP contribution in [0.25, 0.3) is 0 Å². The van der Waals surface area contributed by atoms with Crippen LogP contribution in [0.4, 0.5) is 0 Å². The molecule has 1 fully saturated rings. The summed E-state index contributed by atoms with van der Waals surface area (Å²) < 4.78 is 11.0. The number of nitrogens with one attached hydrogen (secondary N) is 1. The number of ether oxygens (including phenoxy) is 2. The second-order valence-electron chi connectivity index (χ2n) is 5.25. The fourth-order valence-corrected chi connectivity index (χ4v) is 2.24. The van der Waals surface area contributed by atoms with Crippen molar-refractivity contribution in [3.05, 3.63) is 35.4 Å². The molecule has 1 aromatic rings. The highest BCUT2D eigenvalue weighted by Gasteiger charge is 2.19. The summed E-state index contributed by atoms with van der Waals surface area (Å²) in [5.41, 5.74) is 2.31. The molecule has 0 unspecified atom stereocenters. The van der Waals surface area contributed by atoms with E-state index < -0.39 is 6.10 Å². The van der Waals surface area contributed by atoms with Crippen LogP contribution in [0.1, 0.15) is 30.9 Å². The van der Waals surface area contributed by atoms with E-state index >= 15 is 0 Å². The highest BCUT2D eigenvalue weighted by atomic mass is 16.5. The lowest BCUT2D eigenvalue weighted by Crippen LogP contribution is -2.35. The van der Waals surface area contributed by atoms with Crippen molar-refractivity contribution in [1.29, 1.82) is 0 Å². The first-order valence-corrected chi connectivity index (χ1v) is 7.22. The normalized spacial score (nSPS) is 19.8. The van der Waals surface area contributed by atoms with E-state index in [-0.39, 0.29) is 12.0 Å². The van der Waals surface area contributed by atoms with Gasteiger partial charge in [0.15, 0.2) is 0 Å². The van der Waals surface area contributed by atoms with E-state index in [0.29, 0.717) is 13.2 Å². The van der Waals surface area contributed by atoms with Gasteiger partial charge in [0.25, 0.3) is 0 Å². The lowest BCUT2D eigenvalue weighted by molar-refractivity contribution is -0.133. The Morgan fingerprint density at radius 1 is 1.50 bits per heavy atom. The molecule has 0 aromatic heterocycles. The zero-order valence-electron chi connectivity index (χ0n) is 12.2. The molecular weight excluding hydrogens is 254 g/mol. The van der Waals surface area contributed by atoms with Crippen LogP contribution in [0.5, 0.6) is 0 Å². The van der Waals surface area contributed by atoms with Gasteiger partial charge in [0.2, 0.25) is 5.91 Å². The van der Waals surface area contributed by atoms with E-state index in [1.165, 1.54) is 5.56 Å². The summed E-state index contributed by atoms with van der Waals surface area (Å²) in [6, 6.07) is 8.03. The summed E-state index contributed by atoms with van der Waals surface area (Å²) in [6.07, 6.45) is 1.82. The predicted octanol–water partition coefficient (Wildman–Crippen LogP) is 2.20. The Hall–Kier alpha value is -1.39. The summed E-state index contributed by atoms with van der Waals surface area (Å²) in [7, 11) is 0. The number of aryl methyl sites for hydroxylation is 1. The molecule has 1 amide bonds. The number of carbonyl (C=O) groups is 1. The van der Waals surface area contributed by atoms with E-state index in [2.05, 4.69) is 5.32 Å². The summed E-state index contributed by atoms with van der Waals surface area (Å²) in [5.74, 6) is -0.0775. The van der Waals surface area contributed by atoms with Gasteiger partial charge < -0.3 is 14.8 Å². The van der Waals surface area contributed by atoms with Crippen molar-refractivity contribution in [2.45, 2.75) is 45.4 Å². The maximum absolute atomic E-state index is 12.0. The van der Waals surface area contributed by atoms with Gasteiger partial charge in [-0.1, -0.05) is 24.3 Å². The van der Waals surface area contributed by atoms with Crippen molar-refractivity contribution in [3.63, 3.8) is 0 Å². The molecule has 0 saturated carbocycles. The van der Waals surface area contributed by atoms with Crippen molar-refractivity contribution < 1.29 is 14.3 Å². The minimum absolute atomic E-state index is 0.0775. The molecule has 4 nitrogen and oxygen atoms in total. The van der Waals surface area contributed by atoms with Crippen LogP contribution in [0.15, 0.2) is 24.3 Å². The Kier molecular flexibility index (Phi) is 5.56. The Morgan fingerprint density at radius 3 is 3.00 bits per heavy atom. The first-order chi connectivity index (χ1) is 9.66. The molecule has 2 rings (SSSR count). The number of hydrogen-bond acceptors (Lipinski definition) is 3. The van der Waals surface area contributed by atoms with E-state index in [1.807, 2.05) is 31.2 Å². The molecule has 1 aliphatic heterocycles. The fourth-order valence-electron chi connectivity index (χ4n) is 2.24. The second kappa shape index (κ2) is 7.41. The smallest absolute Gasteiger partial charge is 0.249 e. The monoisotopic (exact) mass is 277 g/mol. The average molecular weight is 277 g/mol. The van der Waals surface area contributed by atoms with Crippen molar-refractivity contribution in [3.8, 4) is 0 Å². The molecule has 20 heavy (non-hydrogen) atoms. The molecular formula is C16H23NO3. The third-order valence-electron chi connectivity index (χ3n) is 3.64. The van der Waals surface area contributed by atoms with Gasteiger partial charge in [-0.2, -0.15) is 0 Å². The van der Waals surface area contributed by atoms with Crippen LogP contribution in [-0.4, -0.2) is 31.3 Å². The molecule has 1 heterocycles. The molecule has 110 valence electrons. The summed E-state index contributed by atoms with van der Waals surface area (Å²) in [5, 5.41) is 2.91. The zero-order valence-corrected chi connectivity index (χ0v) is 12.2. The molecule has 4 heteroatoms. The van der Waals surface area contributed by atoms with Crippen molar-refractivity contribution in [2.75, 3.05) is 13.2 Å². The second-order valence-corrected chi connectivity index (χ2v) is 5.25. The van der Waals surface area contributed by atoms with Crippen LogP contribution in [0.2, 0.25) is 0 Å². The van der Waals surface area contributed by atoms with Gasteiger partial charge in [-0.3, -0.25) is 4.79 Å². The largest absolute Gasteiger partial charge is 0.376 e. The van der Waals surface area contributed by atoms with Crippen LogP contribution in [0, 0.1) is 6.92 Å². The molecule has 1 N–H and O–H groups in total. The summed E-state index contributed by atoms with van der Waals surface area (Å²) >= 11 is 0. The highest BCUT2D eigenvalue weighted by molar-refractivity contribution is 5.80. The van der Waals surface area contributed by atoms with Crippen LogP contribution in [0.3, 0.4) is 0 Å². The number of amides is 1. The predicted molar refractivity (Wildman–Crippen MR) is 77.4 cm³/mol. The Balaban J connectivity index is 1.72. The third kappa shape index (κ3) is 4.32. The van der Waals surface area contributed by atoms with Gasteiger partial charge in [-0.15, -0.1) is 0 Å². The summed E-state index contributed by atoms with van der Waals surface area (Å²) in [6.45, 7) is 5.67. The standard InChI is InChI=1S/C16H23NO3/c1-12-6-3-4-7-14(12)10-17-16(18)13(2)20-11-15-8-5-9-19-15/h3-4,6-7,13,15H,5,8-11H2,1-2H3,(H,17,18)/t13-,15+/m1/s1. The number of rotatable bonds is 6. The quantitative estimate of drug-likeness (QED) is 0.867. The maximum atomic E-state index is 12.0. The number of benzene rings is 1. The Bertz CT molecular complexity index is 441. The molecule has 0 bridgehead atoms. The van der Waals surface area contributed by atoms with Gasteiger partial charge in [-0.25, -0.2) is 0 Å². The minimum atomic E-state index is -0.441. The molecule has 1 aromatic carbocycles. The van der Waals surface area contributed by atoms with Crippen LogP contribution in [-0.2, 0) is 20.8 Å². The highest BCUT2D eigenvalue weighted by Crippen LogP contribution is 2.13. The zero-order chi connectivity index (χ0) is 14.4. The van der Waals surface area contributed by atoms with E-state index in [1.54, 1.807) is 6.92 Å². The lowest BCUT2D eigenvalue weighted by atomic mass is 10.1. The van der Waals surface area contributed by atoms with Crippen molar-refractivity contribution in [1.82, 2.24) is 5.32 Å². The minimum Gasteiger partial charge on any atom is -0.376 e. The van der Waals surface area contributed by atoms with Crippen LogP contribution >= 0.6 is 0 Å². The molecule has 0 spiro atoms.